The average Bonchev–Trinajstić information content (AvgIpc) is 3.25. The number of carbonyl (C=O) groups excluding carboxylic acids is 2. The van der Waals surface area contributed by atoms with Crippen LogP contribution in [0.2, 0.25) is 5.02 Å². The van der Waals surface area contributed by atoms with Crippen LogP contribution in [0.4, 0.5) is 5.69 Å². The monoisotopic (exact) mass is 475 g/mol. The number of rotatable bonds is 7. The Balaban J connectivity index is 1.84. The van der Waals surface area contributed by atoms with Crippen molar-refractivity contribution in [1.29, 1.82) is 0 Å². The molecule has 3 aromatic carbocycles. The van der Waals surface area contributed by atoms with Crippen molar-refractivity contribution in [3.8, 4) is 0 Å². The molecule has 0 radical (unpaired) electrons. The Morgan fingerprint density at radius 1 is 0.941 bits per heavy atom. The molecular formula is C27H22ClNO5. The third kappa shape index (κ3) is 4.63. The van der Waals surface area contributed by atoms with Gasteiger partial charge in [-0.25, -0.2) is 4.79 Å². The number of Topliss-reactive ketones (excluding diaryl/α,β-unsaturated/α-hetero) is 1. The van der Waals surface area contributed by atoms with Gasteiger partial charge in [-0.3, -0.25) is 14.9 Å². The molecule has 34 heavy (non-hydrogen) atoms. The quantitative estimate of drug-likeness (QED) is 0.178. The first-order valence-corrected chi connectivity index (χ1v) is 11.3. The largest absolute Gasteiger partial charge is 0.463 e. The lowest BCUT2D eigenvalue weighted by Crippen LogP contribution is -2.22. The number of carbonyl (C=O) groups is 2. The van der Waals surface area contributed by atoms with E-state index in [0.717, 1.165) is 11.1 Å². The Kier molecular flexibility index (Phi) is 6.89. The molecule has 0 bridgehead atoms. The Morgan fingerprint density at radius 3 is 2.18 bits per heavy atom. The minimum atomic E-state index is -0.674. The van der Waals surface area contributed by atoms with Gasteiger partial charge in [0.2, 0.25) is 0 Å². The minimum Gasteiger partial charge on any atom is -0.463 e. The number of non-ortho nitro benzene ring substituents is 1. The van der Waals surface area contributed by atoms with Gasteiger partial charge in [0, 0.05) is 46.0 Å². The van der Waals surface area contributed by atoms with Crippen molar-refractivity contribution in [3.63, 3.8) is 0 Å². The number of nitro groups is 1. The molecule has 3 atom stereocenters. The van der Waals surface area contributed by atoms with Gasteiger partial charge in [0.15, 0.2) is 5.78 Å². The number of ketones is 1. The van der Waals surface area contributed by atoms with Gasteiger partial charge in [-0.05, 0) is 42.3 Å². The Hall–Kier alpha value is -3.77. The number of benzene rings is 3. The van der Waals surface area contributed by atoms with Gasteiger partial charge < -0.3 is 4.74 Å². The second-order valence-electron chi connectivity index (χ2n) is 8.00. The lowest BCUT2D eigenvalue weighted by atomic mass is 9.75. The van der Waals surface area contributed by atoms with Crippen LogP contribution in [0.15, 0.2) is 90.5 Å². The molecule has 0 aromatic heterocycles. The van der Waals surface area contributed by atoms with Crippen LogP contribution in [0.25, 0.3) is 0 Å². The first kappa shape index (κ1) is 23.4. The molecule has 0 saturated heterocycles. The zero-order valence-electron chi connectivity index (χ0n) is 18.4. The summed E-state index contributed by atoms with van der Waals surface area (Å²) in [5, 5.41) is 11.6. The molecule has 1 aliphatic carbocycles. The average molecular weight is 476 g/mol. The number of hydrogen-bond donors (Lipinski definition) is 0. The molecule has 6 nitrogen and oxygen atoms in total. The van der Waals surface area contributed by atoms with Crippen LogP contribution >= 0.6 is 11.6 Å². The van der Waals surface area contributed by atoms with E-state index >= 15 is 0 Å². The predicted molar refractivity (Wildman–Crippen MR) is 129 cm³/mol. The fraction of sp³-hybridized carbons (Fsp3) is 0.185. The van der Waals surface area contributed by atoms with Crippen LogP contribution in [0.5, 0.6) is 0 Å². The van der Waals surface area contributed by atoms with Gasteiger partial charge in [-0.15, -0.1) is 0 Å². The standard InChI is InChI=1S/C27H22ClNO5/c1-2-34-27(31)23-16-22(26(30)19-10-14-21(15-11-19)29(32)33)24(18-8-12-20(28)13-9-18)25(23)17-6-4-3-5-7-17/h3-16,22,24-25H,2H2,1H3/t22-,24+,25+/m0/s1. The molecule has 4 rings (SSSR count). The summed E-state index contributed by atoms with van der Waals surface area (Å²) in [5.41, 5.74) is 2.41. The lowest BCUT2D eigenvalue weighted by Gasteiger charge is -2.27. The van der Waals surface area contributed by atoms with Crippen molar-refractivity contribution in [2.24, 2.45) is 5.92 Å². The van der Waals surface area contributed by atoms with E-state index in [0.29, 0.717) is 16.2 Å². The fourth-order valence-corrected chi connectivity index (χ4v) is 4.65. The summed E-state index contributed by atoms with van der Waals surface area (Å²) in [4.78, 5) is 37.2. The highest BCUT2D eigenvalue weighted by atomic mass is 35.5. The summed E-state index contributed by atoms with van der Waals surface area (Å²) >= 11 is 6.12. The number of nitro benzene ring substituents is 1. The van der Waals surface area contributed by atoms with Gasteiger partial charge >= 0.3 is 5.97 Å². The van der Waals surface area contributed by atoms with E-state index in [1.807, 2.05) is 42.5 Å². The normalized spacial score (nSPS) is 19.4. The van der Waals surface area contributed by atoms with Crippen LogP contribution < -0.4 is 0 Å². The fourth-order valence-electron chi connectivity index (χ4n) is 4.52. The van der Waals surface area contributed by atoms with Crippen LogP contribution in [0, 0.1) is 16.0 Å². The van der Waals surface area contributed by atoms with Crippen LogP contribution in [0.3, 0.4) is 0 Å². The highest BCUT2D eigenvalue weighted by Gasteiger charge is 2.45. The molecule has 0 aliphatic heterocycles. The van der Waals surface area contributed by atoms with Crippen molar-refractivity contribution < 1.29 is 19.2 Å². The number of halogens is 1. The molecule has 0 amide bonds. The maximum absolute atomic E-state index is 13.7. The first-order valence-electron chi connectivity index (χ1n) is 10.9. The Labute approximate surface area is 202 Å². The SMILES string of the molecule is CCOC(=O)C1=C[C@H](C(=O)c2ccc([N+](=O)[O-])cc2)[C@@H](c2ccc(Cl)cc2)[C@@H]1c1ccccc1. The summed E-state index contributed by atoms with van der Waals surface area (Å²) in [6.45, 7) is 1.95. The maximum atomic E-state index is 13.7. The summed E-state index contributed by atoms with van der Waals surface area (Å²) in [6.07, 6.45) is 1.69. The van der Waals surface area contributed by atoms with Gasteiger partial charge in [-0.2, -0.15) is 0 Å². The van der Waals surface area contributed by atoms with E-state index in [-0.39, 0.29) is 24.0 Å². The van der Waals surface area contributed by atoms with Gasteiger partial charge in [0.1, 0.15) is 0 Å². The lowest BCUT2D eigenvalue weighted by molar-refractivity contribution is -0.384. The first-order chi connectivity index (χ1) is 16.4. The third-order valence-electron chi connectivity index (χ3n) is 6.03. The molecule has 0 N–H and O–H groups in total. The molecular weight excluding hydrogens is 454 g/mol. The zero-order chi connectivity index (χ0) is 24.2. The number of hydrogen-bond acceptors (Lipinski definition) is 5. The van der Waals surface area contributed by atoms with Gasteiger partial charge in [0.05, 0.1) is 11.5 Å². The van der Waals surface area contributed by atoms with Gasteiger partial charge in [-0.1, -0.05) is 60.1 Å². The summed E-state index contributed by atoms with van der Waals surface area (Å²) < 4.78 is 5.34. The number of allylic oxidation sites excluding steroid dienone is 1. The molecule has 0 saturated carbocycles. The second-order valence-corrected chi connectivity index (χ2v) is 8.44. The van der Waals surface area contributed by atoms with Crippen molar-refractivity contribution in [2.45, 2.75) is 18.8 Å². The van der Waals surface area contributed by atoms with E-state index in [1.165, 1.54) is 24.3 Å². The Morgan fingerprint density at radius 2 is 1.59 bits per heavy atom. The number of esters is 1. The smallest absolute Gasteiger partial charge is 0.334 e. The Bertz CT molecular complexity index is 1240. The molecule has 1 aliphatic rings. The van der Waals surface area contributed by atoms with Crippen molar-refractivity contribution in [3.05, 3.63) is 122 Å². The third-order valence-corrected chi connectivity index (χ3v) is 6.28. The van der Waals surface area contributed by atoms with Crippen LogP contribution in [0.1, 0.15) is 40.2 Å². The molecule has 0 heterocycles. The van der Waals surface area contributed by atoms with E-state index < -0.39 is 22.7 Å². The predicted octanol–water partition coefficient (Wildman–Crippen LogP) is 6.12. The van der Waals surface area contributed by atoms with Crippen LogP contribution in [-0.4, -0.2) is 23.3 Å². The number of nitrogens with zero attached hydrogens (tertiary/aromatic N) is 1. The minimum absolute atomic E-state index is 0.0952. The molecule has 172 valence electrons. The topological polar surface area (TPSA) is 86.5 Å². The van der Waals surface area contributed by atoms with Gasteiger partial charge in [0.25, 0.3) is 5.69 Å². The molecule has 0 spiro atoms. The van der Waals surface area contributed by atoms with Crippen molar-refractivity contribution >= 4 is 29.0 Å². The molecule has 7 heteroatoms. The van der Waals surface area contributed by atoms with E-state index in [1.54, 1.807) is 25.1 Å². The highest BCUT2D eigenvalue weighted by Crippen LogP contribution is 2.50. The summed E-state index contributed by atoms with van der Waals surface area (Å²) in [5.74, 6) is -2.16. The molecule has 0 unspecified atom stereocenters. The van der Waals surface area contributed by atoms with Crippen LogP contribution in [-0.2, 0) is 9.53 Å². The number of ether oxygens (including phenoxy) is 1. The van der Waals surface area contributed by atoms with E-state index in [2.05, 4.69) is 0 Å². The molecule has 3 aromatic rings. The second kappa shape index (κ2) is 10.0. The molecule has 0 fully saturated rings. The highest BCUT2D eigenvalue weighted by molar-refractivity contribution is 6.30. The van der Waals surface area contributed by atoms with E-state index in [9.17, 15) is 19.7 Å². The summed E-state index contributed by atoms with van der Waals surface area (Å²) in [7, 11) is 0. The van der Waals surface area contributed by atoms with Crippen molar-refractivity contribution in [2.75, 3.05) is 6.61 Å². The maximum Gasteiger partial charge on any atom is 0.334 e. The van der Waals surface area contributed by atoms with E-state index in [4.69, 9.17) is 16.3 Å². The van der Waals surface area contributed by atoms with Crippen molar-refractivity contribution in [1.82, 2.24) is 0 Å². The summed E-state index contributed by atoms with van der Waals surface area (Å²) in [6, 6.07) is 22.3. The zero-order valence-corrected chi connectivity index (χ0v) is 19.1.